The average Bonchev–Trinajstić information content (AvgIpc) is 2.93. The lowest BCUT2D eigenvalue weighted by Crippen LogP contribution is -2.41. The molecule has 0 aliphatic carbocycles. The molecular formula is C24H26BF4NO4. The third kappa shape index (κ3) is 5.79. The van der Waals surface area contributed by atoms with Crippen molar-refractivity contribution in [2.45, 2.75) is 58.8 Å². The fourth-order valence-corrected chi connectivity index (χ4v) is 3.28. The third-order valence-corrected chi connectivity index (χ3v) is 5.74. The highest BCUT2D eigenvalue weighted by Crippen LogP contribution is 2.38. The first-order chi connectivity index (χ1) is 15.7. The van der Waals surface area contributed by atoms with E-state index in [0.29, 0.717) is 16.6 Å². The number of halogens is 4. The summed E-state index contributed by atoms with van der Waals surface area (Å²) in [5.41, 5.74) is 0.276. The zero-order chi connectivity index (χ0) is 25.3. The molecule has 1 aliphatic heterocycles. The minimum atomic E-state index is -4.93. The van der Waals surface area contributed by atoms with Crippen LogP contribution < -0.4 is 14.9 Å². The van der Waals surface area contributed by atoms with E-state index >= 15 is 0 Å². The maximum Gasteiger partial charge on any atom is 0.573 e. The van der Waals surface area contributed by atoms with Crippen LogP contribution in [0.5, 0.6) is 11.5 Å². The van der Waals surface area contributed by atoms with Gasteiger partial charge in [-0.15, -0.1) is 13.2 Å². The second-order valence-electron chi connectivity index (χ2n) is 8.89. The third-order valence-electron chi connectivity index (χ3n) is 5.74. The molecule has 1 aromatic heterocycles. The zero-order valence-corrected chi connectivity index (χ0v) is 19.6. The van der Waals surface area contributed by atoms with Crippen LogP contribution in [-0.4, -0.2) is 29.7 Å². The number of aromatic nitrogens is 1. The maximum atomic E-state index is 14.0. The minimum absolute atomic E-state index is 0.106. The van der Waals surface area contributed by atoms with Gasteiger partial charge in [0.15, 0.2) is 11.5 Å². The Morgan fingerprint density at radius 1 is 1.12 bits per heavy atom. The summed E-state index contributed by atoms with van der Waals surface area (Å²) in [4.78, 5) is 4.07. The van der Waals surface area contributed by atoms with Crippen molar-refractivity contribution < 1.29 is 36.3 Å². The number of benzene rings is 1. The summed E-state index contributed by atoms with van der Waals surface area (Å²) in [6.45, 7) is 12.4. The number of pyridine rings is 1. The normalized spacial score (nSPS) is 17.6. The Labute approximate surface area is 196 Å². The Kier molecular flexibility index (Phi) is 7.14. The van der Waals surface area contributed by atoms with E-state index in [2.05, 4.69) is 16.3 Å². The van der Waals surface area contributed by atoms with Gasteiger partial charge in [0.1, 0.15) is 18.1 Å². The molecule has 182 valence electrons. The van der Waals surface area contributed by atoms with Gasteiger partial charge in [0, 0.05) is 11.8 Å². The van der Waals surface area contributed by atoms with E-state index in [-0.39, 0.29) is 18.1 Å². The van der Waals surface area contributed by atoms with E-state index in [1.165, 1.54) is 30.5 Å². The van der Waals surface area contributed by atoms with Gasteiger partial charge >= 0.3 is 13.5 Å². The van der Waals surface area contributed by atoms with Crippen LogP contribution >= 0.6 is 0 Å². The lowest BCUT2D eigenvalue weighted by Gasteiger charge is -2.32. The van der Waals surface area contributed by atoms with E-state index in [1.54, 1.807) is 19.1 Å². The molecule has 0 N–H and O–H groups in total. The minimum Gasteiger partial charge on any atom is -0.485 e. The molecule has 1 saturated heterocycles. The molecule has 0 unspecified atom stereocenters. The van der Waals surface area contributed by atoms with Gasteiger partial charge in [-0.1, -0.05) is 18.7 Å². The van der Waals surface area contributed by atoms with Crippen molar-refractivity contribution in [1.29, 1.82) is 0 Å². The lowest BCUT2D eigenvalue weighted by molar-refractivity contribution is -0.275. The van der Waals surface area contributed by atoms with E-state index in [9.17, 15) is 17.6 Å². The summed E-state index contributed by atoms with van der Waals surface area (Å²) in [6, 6.07) is 5.75. The van der Waals surface area contributed by atoms with Crippen molar-refractivity contribution in [3.8, 4) is 11.5 Å². The average molecular weight is 479 g/mol. The summed E-state index contributed by atoms with van der Waals surface area (Å²) in [6.07, 6.45) is -1.04. The number of aryl methyl sites for hydroxylation is 1. The highest BCUT2D eigenvalue weighted by Gasteiger charge is 2.52. The fourth-order valence-electron chi connectivity index (χ4n) is 3.28. The molecule has 0 radical (unpaired) electrons. The van der Waals surface area contributed by atoms with Gasteiger partial charge in [-0.25, -0.2) is 4.39 Å². The molecule has 10 heteroatoms. The van der Waals surface area contributed by atoms with E-state index in [4.69, 9.17) is 14.0 Å². The highest BCUT2D eigenvalue weighted by atomic mass is 19.4. The Balaban J connectivity index is 1.83. The van der Waals surface area contributed by atoms with Crippen molar-refractivity contribution in [3.63, 3.8) is 0 Å². The van der Waals surface area contributed by atoms with Crippen molar-refractivity contribution in [2.24, 2.45) is 0 Å². The molecule has 2 aromatic rings. The first-order valence-electron chi connectivity index (χ1n) is 10.5. The Hall–Kier alpha value is -2.85. The number of rotatable bonds is 7. The molecule has 1 aromatic carbocycles. The molecule has 2 heterocycles. The molecule has 0 atom stereocenters. The summed E-state index contributed by atoms with van der Waals surface area (Å²) < 4.78 is 74.9. The molecule has 3 rings (SSSR count). The molecule has 0 saturated carbocycles. The molecule has 0 amide bonds. The van der Waals surface area contributed by atoms with Crippen LogP contribution in [-0.2, 0) is 15.9 Å². The van der Waals surface area contributed by atoms with E-state index in [0.717, 1.165) is 0 Å². The highest BCUT2D eigenvalue weighted by molar-refractivity contribution is 6.62. The number of nitrogens with zero attached hydrogens (tertiary/aromatic N) is 1. The van der Waals surface area contributed by atoms with E-state index in [1.807, 2.05) is 27.7 Å². The molecular weight excluding hydrogens is 453 g/mol. The van der Waals surface area contributed by atoms with Crippen molar-refractivity contribution in [2.75, 3.05) is 0 Å². The van der Waals surface area contributed by atoms with Crippen LogP contribution in [0.4, 0.5) is 17.6 Å². The molecule has 0 bridgehead atoms. The van der Waals surface area contributed by atoms with Crippen molar-refractivity contribution in [3.05, 3.63) is 66.0 Å². The smallest absolute Gasteiger partial charge is 0.485 e. The maximum absolute atomic E-state index is 14.0. The summed E-state index contributed by atoms with van der Waals surface area (Å²) in [7, 11) is -0.868. The number of alkyl halides is 3. The fraction of sp³-hybridized carbons (Fsp3) is 0.375. The Morgan fingerprint density at radius 2 is 1.76 bits per heavy atom. The molecule has 1 aliphatic rings. The Morgan fingerprint density at radius 3 is 2.32 bits per heavy atom. The second-order valence-corrected chi connectivity index (χ2v) is 8.89. The van der Waals surface area contributed by atoms with Gasteiger partial charge in [0.25, 0.3) is 0 Å². The van der Waals surface area contributed by atoms with Crippen LogP contribution in [0, 0.1) is 6.92 Å². The second kappa shape index (κ2) is 9.42. The SMILES string of the molecule is C=C/C=C(/F)c1ncc(COc2ccc(B3OC(C)(C)C(C)(C)O3)cc2OC(F)(F)F)cc1C. The van der Waals surface area contributed by atoms with Gasteiger partial charge in [-0.3, -0.25) is 4.98 Å². The lowest BCUT2D eigenvalue weighted by atomic mass is 9.79. The van der Waals surface area contributed by atoms with Gasteiger partial charge in [-0.2, -0.15) is 0 Å². The molecule has 5 nitrogen and oxygen atoms in total. The molecule has 34 heavy (non-hydrogen) atoms. The first-order valence-corrected chi connectivity index (χ1v) is 10.5. The number of hydrogen-bond donors (Lipinski definition) is 0. The largest absolute Gasteiger partial charge is 0.573 e. The topological polar surface area (TPSA) is 49.8 Å². The van der Waals surface area contributed by atoms with Gasteiger partial charge in [-0.05, 0) is 69.9 Å². The van der Waals surface area contributed by atoms with Crippen LogP contribution in [0.2, 0.25) is 0 Å². The van der Waals surface area contributed by atoms with E-state index < -0.39 is 36.3 Å². The summed E-state index contributed by atoms with van der Waals surface area (Å²) >= 11 is 0. The molecule has 1 fully saturated rings. The van der Waals surface area contributed by atoms with Crippen LogP contribution in [0.15, 0.2) is 49.2 Å². The Bertz CT molecular complexity index is 1080. The summed E-state index contributed by atoms with van der Waals surface area (Å²) in [5.74, 6) is -1.20. The van der Waals surface area contributed by atoms with Crippen LogP contribution in [0.1, 0.15) is 44.5 Å². The first kappa shape index (κ1) is 25.8. The predicted octanol–water partition coefficient (Wildman–Crippen LogP) is 5.66. The van der Waals surface area contributed by atoms with Crippen molar-refractivity contribution in [1.82, 2.24) is 4.98 Å². The van der Waals surface area contributed by atoms with Gasteiger partial charge < -0.3 is 18.8 Å². The van der Waals surface area contributed by atoms with Crippen LogP contribution in [0.25, 0.3) is 5.83 Å². The molecule has 0 spiro atoms. The van der Waals surface area contributed by atoms with Gasteiger partial charge in [0.2, 0.25) is 0 Å². The van der Waals surface area contributed by atoms with Crippen molar-refractivity contribution >= 4 is 18.4 Å². The number of allylic oxidation sites excluding steroid dienone is 2. The zero-order valence-electron chi connectivity index (χ0n) is 19.6. The standard InChI is InChI=1S/C24H26BF4NO4/c1-7-8-18(26)21-15(2)11-16(13-30-21)14-31-19-10-9-17(12-20(19)32-24(27,28)29)25-33-22(3,4)23(5,6)34-25/h7-13H,1,14H2,2-6H3/b18-8+. The monoisotopic (exact) mass is 479 g/mol. The predicted molar refractivity (Wildman–Crippen MR) is 121 cm³/mol. The number of ether oxygens (including phenoxy) is 2. The van der Waals surface area contributed by atoms with Crippen LogP contribution in [0.3, 0.4) is 0 Å². The summed E-state index contributed by atoms with van der Waals surface area (Å²) in [5, 5.41) is 0. The van der Waals surface area contributed by atoms with Gasteiger partial charge in [0.05, 0.1) is 11.2 Å². The number of hydrogen-bond acceptors (Lipinski definition) is 5. The quantitative estimate of drug-likeness (QED) is 0.291.